The number of nitrogens with one attached hydrogen (secondary N) is 1. The molecule has 1 aromatic carbocycles. The Bertz CT molecular complexity index is 662. The minimum absolute atomic E-state index is 0.0174. The van der Waals surface area contributed by atoms with Crippen molar-refractivity contribution < 1.29 is 19.1 Å². The molecule has 1 aliphatic heterocycles. The Hall–Kier alpha value is -2.57. The van der Waals surface area contributed by atoms with Gasteiger partial charge < -0.3 is 19.9 Å². The zero-order chi connectivity index (χ0) is 19.6. The number of hydrogen-bond donors (Lipinski definition) is 1. The van der Waals surface area contributed by atoms with Crippen molar-refractivity contribution in [3.05, 3.63) is 35.4 Å². The predicted molar refractivity (Wildman–Crippen MR) is 103 cm³/mol. The highest BCUT2D eigenvalue weighted by atomic mass is 16.5. The van der Waals surface area contributed by atoms with Gasteiger partial charge in [-0.2, -0.15) is 0 Å². The van der Waals surface area contributed by atoms with Crippen LogP contribution in [0.2, 0.25) is 0 Å². The van der Waals surface area contributed by atoms with Gasteiger partial charge in [0.2, 0.25) is 0 Å². The minimum atomic E-state index is -0.229. The van der Waals surface area contributed by atoms with E-state index in [-0.39, 0.29) is 17.9 Å². The Morgan fingerprint density at radius 3 is 2.56 bits per heavy atom. The Balaban J connectivity index is 1.76. The molecule has 27 heavy (non-hydrogen) atoms. The molecule has 1 saturated heterocycles. The minimum Gasteiger partial charge on any atom is -0.469 e. The van der Waals surface area contributed by atoms with Crippen molar-refractivity contribution in [1.82, 2.24) is 15.1 Å². The molecule has 0 radical (unpaired) electrons. The molecule has 0 aromatic heterocycles. The van der Waals surface area contributed by atoms with Crippen LogP contribution in [0, 0.1) is 6.92 Å². The molecule has 2 rings (SSSR count). The third-order valence-electron chi connectivity index (χ3n) is 4.65. The second-order valence-corrected chi connectivity index (χ2v) is 6.77. The Kier molecular flexibility index (Phi) is 8.10. The second-order valence-electron chi connectivity index (χ2n) is 6.77. The molecule has 0 saturated carbocycles. The molecule has 1 fully saturated rings. The average Bonchev–Trinajstić information content (AvgIpc) is 2.93. The fraction of sp³-hybridized carbons (Fsp3) is 0.550. The number of carbonyl (C=O) groups excluding carboxylic acids is 3. The first-order valence-corrected chi connectivity index (χ1v) is 9.47. The molecule has 148 valence electrons. The Morgan fingerprint density at radius 1 is 1.07 bits per heavy atom. The molecule has 0 bridgehead atoms. The summed E-state index contributed by atoms with van der Waals surface area (Å²) in [4.78, 5) is 39.6. The molecule has 0 spiro atoms. The number of urea groups is 1. The van der Waals surface area contributed by atoms with E-state index in [0.717, 1.165) is 18.4 Å². The number of methoxy groups -OCH3 is 1. The lowest BCUT2D eigenvalue weighted by Crippen LogP contribution is -2.42. The first kappa shape index (κ1) is 20.7. The molecular weight excluding hydrogens is 346 g/mol. The zero-order valence-electron chi connectivity index (χ0n) is 16.2. The number of unbranched alkanes of at least 4 members (excludes halogenated alkanes) is 1. The van der Waals surface area contributed by atoms with E-state index >= 15 is 0 Å². The van der Waals surface area contributed by atoms with E-state index in [0.29, 0.717) is 51.1 Å². The number of benzene rings is 1. The molecular formula is C20H29N3O4. The summed E-state index contributed by atoms with van der Waals surface area (Å²) in [6.07, 6.45) is 2.54. The summed E-state index contributed by atoms with van der Waals surface area (Å²) in [6.45, 7) is 4.82. The van der Waals surface area contributed by atoms with E-state index in [1.54, 1.807) is 4.90 Å². The van der Waals surface area contributed by atoms with Crippen LogP contribution in [0.15, 0.2) is 24.3 Å². The summed E-state index contributed by atoms with van der Waals surface area (Å²) in [5.41, 5.74) is 1.75. The lowest BCUT2D eigenvalue weighted by Gasteiger charge is -2.22. The molecule has 1 aliphatic rings. The third-order valence-corrected chi connectivity index (χ3v) is 4.65. The number of amides is 3. The molecule has 3 amide bonds. The van der Waals surface area contributed by atoms with Crippen LogP contribution in [0.25, 0.3) is 0 Å². The number of esters is 1. The Morgan fingerprint density at radius 2 is 1.81 bits per heavy atom. The number of aryl methyl sites for hydroxylation is 1. The lowest BCUT2D eigenvalue weighted by molar-refractivity contribution is -0.140. The fourth-order valence-electron chi connectivity index (χ4n) is 3.09. The third kappa shape index (κ3) is 6.58. The van der Waals surface area contributed by atoms with Crippen LogP contribution in [0.3, 0.4) is 0 Å². The maximum atomic E-state index is 12.7. The van der Waals surface area contributed by atoms with Gasteiger partial charge >= 0.3 is 12.0 Å². The number of ether oxygens (including phenoxy) is 1. The standard InChI is InChI=1S/C20H29N3O4/c1-16-7-5-8-17(15-16)19(25)22-11-6-12-23(14-13-22)20(26)21-10-4-3-9-18(24)27-2/h5,7-8,15H,3-4,6,9-14H2,1-2H3,(H,21,26). The molecule has 0 unspecified atom stereocenters. The van der Waals surface area contributed by atoms with Gasteiger partial charge in [0.25, 0.3) is 5.91 Å². The summed E-state index contributed by atoms with van der Waals surface area (Å²) >= 11 is 0. The van der Waals surface area contributed by atoms with Crippen LogP contribution < -0.4 is 5.32 Å². The second kappa shape index (κ2) is 10.5. The number of rotatable bonds is 6. The van der Waals surface area contributed by atoms with Crippen LogP contribution in [-0.4, -0.2) is 67.5 Å². The van der Waals surface area contributed by atoms with Crippen molar-refractivity contribution in [3.63, 3.8) is 0 Å². The highest BCUT2D eigenvalue weighted by molar-refractivity contribution is 5.94. The van der Waals surface area contributed by atoms with Crippen LogP contribution >= 0.6 is 0 Å². The molecule has 0 atom stereocenters. The number of carbonyl (C=O) groups is 3. The molecule has 1 heterocycles. The van der Waals surface area contributed by atoms with E-state index in [4.69, 9.17) is 0 Å². The summed E-state index contributed by atoms with van der Waals surface area (Å²) in [5.74, 6) is -0.212. The van der Waals surface area contributed by atoms with Crippen LogP contribution in [0.5, 0.6) is 0 Å². The highest BCUT2D eigenvalue weighted by Gasteiger charge is 2.22. The van der Waals surface area contributed by atoms with Crippen molar-refractivity contribution in [2.75, 3.05) is 39.8 Å². The molecule has 7 nitrogen and oxygen atoms in total. The summed E-state index contributed by atoms with van der Waals surface area (Å²) < 4.78 is 4.59. The molecule has 1 aromatic rings. The summed E-state index contributed by atoms with van der Waals surface area (Å²) in [5, 5.41) is 2.89. The Labute approximate surface area is 160 Å². The maximum Gasteiger partial charge on any atom is 0.317 e. The van der Waals surface area contributed by atoms with E-state index in [2.05, 4.69) is 10.1 Å². The molecule has 7 heteroatoms. The highest BCUT2D eigenvalue weighted by Crippen LogP contribution is 2.11. The van der Waals surface area contributed by atoms with E-state index in [1.165, 1.54) is 7.11 Å². The SMILES string of the molecule is COC(=O)CCCCNC(=O)N1CCCN(C(=O)c2cccc(C)c2)CC1. The van der Waals surface area contributed by atoms with E-state index < -0.39 is 0 Å². The van der Waals surface area contributed by atoms with Crippen molar-refractivity contribution in [1.29, 1.82) is 0 Å². The lowest BCUT2D eigenvalue weighted by atomic mass is 10.1. The quantitative estimate of drug-likeness (QED) is 0.611. The molecule has 0 aliphatic carbocycles. The van der Waals surface area contributed by atoms with Gasteiger partial charge in [-0.3, -0.25) is 9.59 Å². The van der Waals surface area contributed by atoms with Crippen LogP contribution in [0.4, 0.5) is 4.79 Å². The number of hydrogen-bond acceptors (Lipinski definition) is 4. The van der Waals surface area contributed by atoms with Gasteiger partial charge in [0.05, 0.1) is 7.11 Å². The summed E-state index contributed by atoms with van der Waals surface area (Å²) in [6, 6.07) is 7.47. The van der Waals surface area contributed by atoms with E-state index in [1.807, 2.05) is 36.1 Å². The van der Waals surface area contributed by atoms with Gasteiger partial charge in [0.1, 0.15) is 0 Å². The van der Waals surface area contributed by atoms with Crippen molar-refractivity contribution in [2.45, 2.75) is 32.6 Å². The van der Waals surface area contributed by atoms with Gasteiger partial charge in [0, 0.05) is 44.7 Å². The predicted octanol–water partition coefficient (Wildman–Crippen LogP) is 2.20. The topological polar surface area (TPSA) is 79.0 Å². The van der Waals surface area contributed by atoms with Crippen molar-refractivity contribution in [2.24, 2.45) is 0 Å². The first-order chi connectivity index (χ1) is 13.0. The maximum absolute atomic E-state index is 12.7. The van der Waals surface area contributed by atoms with Gasteiger partial charge in [-0.15, -0.1) is 0 Å². The van der Waals surface area contributed by atoms with Crippen molar-refractivity contribution >= 4 is 17.9 Å². The fourth-order valence-corrected chi connectivity index (χ4v) is 3.09. The average molecular weight is 375 g/mol. The molecule has 1 N–H and O–H groups in total. The normalized spacial score (nSPS) is 14.4. The summed E-state index contributed by atoms with van der Waals surface area (Å²) in [7, 11) is 1.37. The van der Waals surface area contributed by atoms with Gasteiger partial charge in [0.15, 0.2) is 0 Å². The smallest absolute Gasteiger partial charge is 0.317 e. The number of nitrogens with zero attached hydrogens (tertiary/aromatic N) is 2. The monoisotopic (exact) mass is 375 g/mol. The van der Waals surface area contributed by atoms with Crippen molar-refractivity contribution in [3.8, 4) is 0 Å². The van der Waals surface area contributed by atoms with Crippen LogP contribution in [-0.2, 0) is 9.53 Å². The zero-order valence-corrected chi connectivity index (χ0v) is 16.2. The van der Waals surface area contributed by atoms with E-state index in [9.17, 15) is 14.4 Å². The largest absolute Gasteiger partial charge is 0.469 e. The van der Waals surface area contributed by atoms with Gasteiger partial charge in [-0.25, -0.2) is 4.79 Å². The van der Waals surface area contributed by atoms with Crippen LogP contribution in [0.1, 0.15) is 41.6 Å². The van der Waals surface area contributed by atoms with Gasteiger partial charge in [-0.1, -0.05) is 17.7 Å². The first-order valence-electron chi connectivity index (χ1n) is 9.47. The van der Waals surface area contributed by atoms with Gasteiger partial charge in [-0.05, 0) is 38.3 Å².